The van der Waals surface area contributed by atoms with Crippen LogP contribution in [0.15, 0.2) is 0 Å². The zero-order chi connectivity index (χ0) is 13.4. The lowest BCUT2D eigenvalue weighted by Crippen LogP contribution is -2.49. The van der Waals surface area contributed by atoms with Crippen molar-refractivity contribution in [2.75, 3.05) is 13.1 Å². The van der Waals surface area contributed by atoms with Gasteiger partial charge in [0.2, 0.25) is 5.91 Å². The van der Waals surface area contributed by atoms with Crippen molar-refractivity contribution in [2.24, 2.45) is 23.7 Å². The Balaban J connectivity index is 1.64. The highest BCUT2D eigenvalue weighted by molar-refractivity contribution is 5.81. The summed E-state index contributed by atoms with van der Waals surface area (Å²) in [6, 6.07) is -0.126. The summed E-state index contributed by atoms with van der Waals surface area (Å²) in [5.74, 6) is -0.287. The fraction of sp³-hybridized carbons (Fsp3) is 0.857. The van der Waals surface area contributed by atoms with E-state index in [0.29, 0.717) is 5.92 Å². The second-order valence-electron chi connectivity index (χ2n) is 6.26. The molecule has 1 heterocycles. The monoisotopic (exact) mass is 266 g/mol. The number of piperidine rings is 1. The molecule has 19 heavy (non-hydrogen) atoms. The average molecular weight is 266 g/mol. The zero-order valence-electron chi connectivity index (χ0n) is 11.1. The summed E-state index contributed by atoms with van der Waals surface area (Å²) in [4.78, 5) is 23.7. The molecule has 1 saturated heterocycles. The van der Waals surface area contributed by atoms with Crippen molar-refractivity contribution in [3.63, 3.8) is 0 Å². The summed E-state index contributed by atoms with van der Waals surface area (Å²) in [7, 11) is 0. The van der Waals surface area contributed by atoms with Gasteiger partial charge in [0.15, 0.2) is 0 Å². The number of amides is 1. The first-order chi connectivity index (χ1) is 9.16. The molecule has 4 atom stereocenters. The van der Waals surface area contributed by atoms with Crippen LogP contribution in [0, 0.1) is 23.7 Å². The summed E-state index contributed by atoms with van der Waals surface area (Å²) in [6.45, 7) is 1.77. The zero-order valence-corrected chi connectivity index (χ0v) is 11.1. The van der Waals surface area contributed by atoms with Crippen molar-refractivity contribution in [3.8, 4) is 0 Å². The Morgan fingerprint density at radius 2 is 1.74 bits per heavy atom. The summed E-state index contributed by atoms with van der Waals surface area (Å²) < 4.78 is 0. The number of nitrogens with one attached hydrogen (secondary N) is 2. The molecule has 3 aliphatic rings. The van der Waals surface area contributed by atoms with Crippen LogP contribution < -0.4 is 10.6 Å². The van der Waals surface area contributed by atoms with E-state index in [0.717, 1.165) is 45.2 Å². The lowest BCUT2D eigenvalue weighted by Gasteiger charge is -2.31. The smallest absolute Gasteiger partial charge is 0.308 e. The van der Waals surface area contributed by atoms with Gasteiger partial charge in [-0.15, -0.1) is 0 Å². The van der Waals surface area contributed by atoms with Crippen LogP contribution >= 0.6 is 0 Å². The summed E-state index contributed by atoms with van der Waals surface area (Å²) in [6.07, 6.45) is 4.80. The van der Waals surface area contributed by atoms with Crippen LogP contribution in [0.25, 0.3) is 0 Å². The first-order valence-electron chi connectivity index (χ1n) is 7.40. The molecular formula is C14H22N2O3. The molecule has 3 fully saturated rings. The topological polar surface area (TPSA) is 78.4 Å². The number of aliphatic carboxylic acids is 1. The molecule has 0 aromatic carbocycles. The number of fused-ring (bicyclic) bond motifs is 2. The third-order valence-electron chi connectivity index (χ3n) is 5.22. The van der Waals surface area contributed by atoms with Crippen LogP contribution in [0.3, 0.4) is 0 Å². The number of carboxylic acid groups (broad SMARTS) is 1. The Hall–Kier alpha value is -1.10. The van der Waals surface area contributed by atoms with Crippen LogP contribution in [-0.4, -0.2) is 36.1 Å². The fourth-order valence-corrected chi connectivity index (χ4v) is 4.22. The lowest BCUT2D eigenvalue weighted by molar-refractivity contribution is -0.145. The minimum atomic E-state index is -0.734. The molecule has 4 unspecified atom stereocenters. The van der Waals surface area contributed by atoms with E-state index in [1.807, 2.05) is 0 Å². The molecule has 3 rings (SSSR count). The molecule has 0 aromatic rings. The van der Waals surface area contributed by atoms with Gasteiger partial charge in [-0.1, -0.05) is 0 Å². The molecule has 5 heteroatoms. The lowest BCUT2D eigenvalue weighted by atomic mass is 9.84. The number of rotatable bonds is 3. The van der Waals surface area contributed by atoms with Gasteiger partial charge in [0.05, 0.1) is 5.92 Å². The maximum Gasteiger partial charge on any atom is 0.308 e. The Kier molecular flexibility index (Phi) is 3.48. The molecule has 1 aliphatic heterocycles. The van der Waals surface area contributed by atoms with Crippen LogP contribution in [-0.2, 0) is 9.59 Å². The molecule has 5 nitrogen and oxygen atoms in total. The van der Waals surface area contributed by atoms with E-state index in [4.69, 9.17) is 0 Å². The van der Waals surface area contributed by atoms with Crippen molar-refractivity contribution >= 4 is 11.9 Å². The number of carbonyl (C=O) groups excluding carboxylic acids is 1. The third-order valence-corrected chi connectivity index (χ3v) is 5.22. The van der Waals surface area contributed by atoms with Gasteiger partial charge in [-0.25, -0.2) is 0 Å². The van der Waals surface area contributed by atoms with E-state index in [1.165, 1.54) is 0 Å². The van der Waals surface area contributed by atoms with E-state index in [9.17, 15) is 14.7 Å². The maximum atomic E-state index is 12.3. The van der Waals surface area contributed by atoms with Crippen LogP contribution in [0.2, 0.25) is 0 Å². The molecule has 0 aromatic heterocycles. The molecule has 106 valence electrons. The average Bonchev–Trinajstić information content (AvgIpc) is 3.00. The van der Waals surface area contributed by atoms with Gasteiger partial charge in [-0.3, -0.25) is 9.59 Å². The fourth-order valence-electron chi connectivity index (χ4n) is 4.22. The quantitative estimate of drug-likeness (QED) is 0.699. The van der Waals surface area contributed by atoms with E-state index < -0.39 is 5.97 Å². The minimum Gasteiger partial charge on any atom is -0.481 e. The van der Waals surface area contributed by atoms with Gasteiger partial charge < -0.3 is 15.7 Å². The number of hydrogen-bond donors (Lipinski definition) is 3. The van der Waals surface area contributed by atoms with Crippen molar-refractivity contribution in [3.05, 3.63) is 0 Å². The summed E-state index contributed by atoms with van der Waals surface area (Å²) in [5, 5.41) is 15.7. The Bertz CT molecular complexity index is 379. The highest BCUT2D eigenvalue weighted by atomic mass is 16.4. The normalized spacial score (nSPS) is 38.3. The molecule has 0 spiro atoms. The summed E-state index contributed by atoms with van der Waals surface area (Å²) >= 11 is 0. The van der Waals surface area contributed by atoms with Gasteiger partial charge in [0.25, 0.3) is 0 Å². The predicted molar refractivity (Wildman–Crippen MR) is 69.5 cm³/mol. The van der Waals surface area contributed by atoms with Crippen molar-refractivity contribution in [1.29, 1.82) is 0 Å². The number of carboxylic acids is 1. The largest absolute Gasteiger partial charge is 0.481 e. The Morgan fingerprint density at radius 1 is 1.05 bits per heavy atom. The van der Waals surface area contributed by atoms with Crippen molar-refractivity contribution in [2.45, 2.75) is 38.1 Å². The molecule has 3 N–H and O–H groups in total. The second-order valence-corrected chi connectivity index (χ2v) is 6.26. The van der Waals surface area contributed by atoms with E-state index in [-0.39, 0.29) is 29.7 Å². The first-order valence-corrected chi connectivity index (χ1v) is 7.40. The second kappa shape index (κ2) is 5.12. The highest BCUT2D eigenvalue weighted by Gasteiger charge is 2.51. The Labute approximate surface area is 113 Å². The van der Waals surface area contributed by atoms with Crippen LogP contribution in [0.5, 0.6) is 0 Å². The molecule has 0 radical (unpaired) electrons. The molecular weight excluding hydrogens is 244 g/mol. The van der Waals surface area contributed by atoms with Gasteiger partial charge >= 0.3 is 5.97 Å². The van der Waals surface area contributed by atoms with Gasteiger partial charge in [0, 0.05) is 12.0 Å². The first kappa shape index (κ1) is 12.9. The molecule has 1 amide bonds. The Morgan fingerprint density at radius 3 is 2.42 bits per heavy atom. The molecule has 2 aliphatic carbocycles. The van der Waals surface area contributed by atoms with E-state index >= 15 is 0 Å². The predicted octanol–water partition coefficient (Wildman–Crippen LogP) is 0.601. The van der Waals surface area contributed by atoms with Gasteiger partial charge in [0.1, 0.15) is 0 Å². The third kappa shape index (κ3) is 2.36. The SMILES string of the molecule is O=C(NC1C2CCC(C2)C1C(=O)O)C1CCNCC1. The van der Waals surface area contributed by atoms with E-state index in [1.54, 1.807) is 0 Å². The molecule has 2 bridgehead atoms. The van der Waals surface area contributed by atoms with Crippen molar-refractivity contribution < 1.29 is 14.7 Å². The minimum absolute atomic E-state index is 0.0646. The van der Waals surface area contributed by atoms with Crippen LogP contribution in [0.1, 0.15) is 32.1 Å². The molecule has 2 saturated carbocycles. The number of carbonyl (C=O) groups is 2. The van der Waals surface area contributed by atoms with Gasteiger partial charge in [-0.05, 0) is 57.0 Å². The highest BCUT2D eigenvalue weighted by Crippen LogP contribution is 2.48. The number of hydrogen-bond acceptors (Lipinski definition) is 3. The standard InChI is InChI=1S/C14H22N2O3/c17-13(8-3-5-15-6-4-8)16-12-10-2-1-9(7-10)11(12)14(18)19/h8-12,15H,1-7H2,(H,16,17)(H,18,19). The van der Waals surface area contributed by atoms with Gasteiger partial charge in [-0.2, -0.15) is 0 Å². The van der Waals surface area contributed by atoms with E-state index in [2.05, 4.69) is 10.6 Å². The maximum absolute atomic E-state index is 12.3. The van der Waals surface area contributed by atoms with Crippen molar-refractivity contribution in [1.82, 2.24) is 10.6 Å². The van der Waals surface area contributed by atoms with Crippen LogP contribution in [0.4, 0.5) is 0 Å². The summed E-state index contributed by atoms with van der Waals surface area (Å²) in [5.41, 5.74) is 0.